The zero-order chi connectivity index (χ0) is 87.5. The molecule has 3 rings (SSSR count). The molecule has 0 radical (unpaired) electrons. The summed E-state index contributed by atoms with van der Waals surface area (Å²) in [5, 5.41) is 74.1. The van der Waals surface area contributed by atoms with Crippen LogP contribution < -0.4 is 74.9 Å². The first-order chi connectivity index (χ1) is 54.1. The molecule has 14 amide bonds. The highest BCUT2D eigenvalue weighted by Crippen LogP contribution is 2.25. The summed E-state index contributed by atoms with van der Waals surface area (Å²) >= 11 is 0. The summed E-state index contributed by atoms with van der Waals surface area (Å²) < 4.78 is 16.3. The van der Waals surface area contributed by atoms with E-state index in [4.69, 9.17) is 19.9 Å². The van der Waals surface area contributed by atoms with E-state index in [1.807, 2.05) is 26.1 Å². The molecule has 0 saturated heterocycles. The van der Waals surface area contributed by atoms with Crippen molar-refractivity contribution >= 4 is 94.9 Å². The van der Waals surface area contributed by atoms with Crippen LogP contribution >= 0.6 is 0 Å². The summed E-state index contributed by atoms with van der Waals surface area (Å²) in [5.74, 6) is -15.2. The number of nitrogens with two attached hydrogens (primary N) is 1. The molecule has 0 bridgehead atoms. The van der Waals surface area contributed by atoms with E-state index in [1.54, 1.807) is 148 Å². The van der Waals surface area contributed by atoms with Crippen molar-refractivity contribution in [1.82, 2.24) is 63.8 Å². The topological polar surface area (TPSA) is 547 Å². The fraction of sp³-hybridized carbons (Fsp3) is 0.588. The third kappa shape index (κ3) is 38.0. The number of carbonyl (C=O) groups excluding carboxylic acids is 14. The number of aliphatic hydroxyl groups excluding tert-OH is 3. The lowest BCUT2D eigenvalue weighted by Crippen LogP contribution is -2.63. The number of ether oxygens (including phenoxy) is 3. The van der Waals surface area contributed by atoms with E-state index in [2.05, 4.69) is 63.8 Å². The molecule has 644 valence electrons. The van der Waals surface area contributed by atoms with Gasteiger partial charge in [-0.1, -0.05) is 162 Å². The molecule has 116 heavy (non-hydrogen) atoms. The molecule has 0 spiro atoms. The highest BCUT2D eigenvalue weighted by atomic mass is 16.6. The van der Waals surface area contributed by atoms with Gasteiger partial charge in [0.1, 0.15) is 79.2 Å². The maximum atomic E-state index is 15.3. The SMILES string of the molecule is CC[C@H](C)[C@H](NC(=O)[C@@H](CCCNC(=O)OCc1ccccc1)NC(=O)[C@H](CC(C)C)NC(=O)[C@@H](NC(=O)[C@H](Cc1cccc(NC(=O)OC(C)(C)C)c1)NC(=O)[C@H](CC(C)(C)C)NC(=O)[C@@H](CC(C)(C)C)NC(=O)OCc1ccccc1)C(O)C(C)C)C(=O)N[C@H](C(=O)NCC(=O)N[C@@H](CC(N)=O)C(=O)N[C@@H](CO)C(=O)O)[C@H](C)O. The number of alkyl carbamates (subject to hydrolysis) is 2. The summed E-state index contributed by atoms with van der Waals surface area (Å²) in [6.07, 6.45) is -7.48. The maximum Gasteiger partial charge on any atom is 0.412 e. The first-order valence-electron chi connectivity index (χ1n) is 38.6. The van der Waals surface area contributed by atoms with Gasteiger partial charge in [0.2, 0.25) is 65.0 Å². The number of primary amides is 1. The van der Waals surface area contributed by atoms with Gasteiger partial charge in [-0.25, -0.2) is 19.2 Å². The molecule has 0 aliphatic heterocycles. The highest BCUT2D eigenvalue weighted by Gasteiger charge is 2.41. The predicted octanol–water partition coefficient (Wildman–Crippen LogP) is 2.37. The fourth-order valence-electron chi connectivity index (χ4n) is 11.5. The van der Waals surface area contributed by atoms with Crippen LogP contribution in [0.4, 0.5) is 20.1 Å². The van der Waals surface area contributed by atoms with Crippen LogP contribution in [-0.2, 0) is 91.4 Å². The number of anilines is 1. The quantitative estimate of drug-likeness (QED) is 0.0285. The van der Waals surface area contributed by atoms with Gasteiger partial charge < -0.3 is 104 Å². The van der Waals surface area contributed by atoms with E-state index in [9.17, 15) is 73.2 Å². The lowest BCUT2D eigenvalue weighted by molar-refractivity contribution is -0.143. The number of rotatable bonds is 45. The van der Waals surface area contributed by atoms with Crippen LogP contribution in [0, 0.1) is 28.6 Å². The van der Waals surface area contributed by atoms with E-state index >= 15 is 19.2 Å². The lowest BCUT2D eigenvalue weighted by Gasteiger charge is -2.32. The number of amides is 14. The summed E-state index contributed by atoms with van der Waals surface area (Å²) in [4.78, 5) is 206. The van der Waals surface area contributed by atoms with Crippen molar-refractivity contribution in [2.45, 2.75) is 254 Å². The van der Waals surface area contributed by atoms with Gasteiger partial charge in [0.05, 0.1) is 31.8 Å². The van der Waals surface area contributed by atoms with Crippen molar-refractivity contribution in [1.29, 1.82) is 0 Å². The van der Waals surface area contributed by atoms with Gasteiger partial charge >= 0.3 is 24.2 Å². The molecular weight excluding hydrogens is 1510 g/mol. The number of hydrogen-bond acceptors (Lipinski definition) is 21. The van der Waals surface area contributed by atoms with Gasteiger partial charge in [-0.15, -0.1) is 0 Å². The van der Waals surface area contributed by atoms with Crippen molar-refractivity contribution in [2.75, 3.05) is 25.0 Å². The third-order valence-electron chi connectivity index (χ3n) is 17.6. The minimum absolute atomic E-state index is 0.0370. The average molecular weight is 1630 g/mol. The molecular formula is C80H122N14O22. The van der Waals surface area contributed by atoms with Gasteiger partial charge in [-0.05, 0) is 117 Å². The Balaban J connectivity index is 2.11. The first-order valence-corrected chi connectivity index (χ1v) is 38.6. The van der Waals surface area contributed by atoms with Crippen molar-refractivity contribution < 1.29 is 107 Å². The smallest absolute Gasteiger partial charge is 0.412 e. The molecule has 0 aromatic heterocycles. The number of aliphatic carboxylic acids is 1. The minimum atomic E-state index is -1.92. The molecule has 3 aromatic carbocycles. The van der Waals surface area contributed by atoms with Crippen LogP contribution in [0.15, 0.2) is 84.9 Å². The van der Waals surface area contributed by atoms with Crippen LogP contribution in [0.2, 0.25) is 0 Å². The monoisotopic (exact) mass is 1630 g/mol. The standard InChI is InChI=1S/C80H122N14O22/c1-17-46(6)61(72(107)93-62(47(7)96)71(106)83-40-60(98)85-55(37-59(81)97)67(102)90-58(41-95)74(109)110)92-65(100)52(32-25-33-82-75(111)114-42-48-26-20-18-21-27-48)86-66(101)53(34-44(2)3)88-73(108)63(64(99)45(4)5)94-68(103)54(36-50-30-24-31-51(35-50)84-77(113)116-80(14,15)16)87-69(104)56(38-78(8,9)10)89-70(105)57(39-79(11,12)13)91-76(112)115-43-49-28-22-19-23-29-49/h18-24,26-31,35,44-47,52-58,61-64,95-96,99H,17,25,32-34,36-43H2,1-16H3,(H2,81,97)(H,82,111)(H,83,106)(H,84,113)(H,85,98)(H,86,101)(H,87,104)(H,88,108)(H,89,105)(H,90,102)(H,91,112)(H,92,100)(H,93,107)(H,94,103)(H,109,110)/t46-,47-,52+,53-,54-,55-,56-,57+,58-,61-,62-,63-,64?/m0/s1. The molecule has 36 heteroatoms. The molecule has 0 fully saturated rings. The van der Waals surface area contributed by atoms with Gasteiger partial charge in [-0.2, -0.15) is 0 Å². The molecule has 0 saturated carbocycles. The normalized spacial score (nSPS) is 14.9. The summed E-state index contributed by atoms with van der Waals surface area (Å²) in [6, 6.07) is 7.31. The number of benzene rings is 3. The number of hydrogen-bond donors (Lipinski definition) is 18. The molecule has 0 aliphatic rings. The Bertz CT molecular complexity index is 3790. The van der Waals surface area contributed by atoms with Gasteiger partial charge in [0.25, 0.3) is 0 Å². The summed E-state index contributed by atoms with van der Waals surface area (Å²) in [6.45, 7) is 24.4. The zero-order valence-electron chi connectivity index (χ0n) is 69.2. The molecule has 36 nitrogen and oxygen atoms in total. The molecule has 3 aromatic rings. The minimum Gasteiger partial charge on any atom is -0.480 e. The first kappa shape index (κ1) is 99.2. The number of carboxylic acids is 1. The summed E-state index contributed by atoms with van der Waals surface area (Å²) in [7, 11) is 0. The second kappa shape index (κ2) is 47.7. The number of carboxylic acid groups (broad SMARTS) is 1. The van der Waals surface area contributed by atoms with E-state index in [-0.39, 0.29) is 70.4 Å². The Morgan fingerprint density at radius 3 is 1.45 bits per heavy atom. The van der Waals surface area contributed by atoms with Gasteiger partial charge in [0.15, 0.2) is 0 Å². The largest absolute Gasteiger partial charge is 0.480 e. The van der Waals surface area contributed by atoms with E-state index in [1.165, 1.54) is 19.9 Å². The van der Waals surface area contributed by atoms with Crippen LogP contribution in [-0.4, -0.2) is 208 Å². The third-order valence-corrected chi connectivity index (χ3v) is 17.6. The maximum absolute atomic E-state index is 15.3. The van der Waals surface area contributed by atoms with Crippen LogP contribution in [0.25, 0.3) is 0 Å². The fourth-order valence-corrected chi connectivity index (χ4v) is 11.5. The number of nitrogens with one attached hydrogen (secondary N) is 13. The van der Waals surface area contributed by atoms with Crippen molar-refractivity contribution in [3.05, 3.63) is 102 Å². The van der Waals surface area contributed by atoms with E-state index < -0.39 is 216 Å². The van der Waals surface area contributed by atoms with Crippen molar-refractivity contribution in [3.63, 3.8) is 0 Å². The Hall–Kier alpha value is -11.0. The molecule has 1 unspecified atom stereocenters. The van der Waals surface area contributed by atoms with Gasteiger partial charge in [-0.3, -0.25) is 58.1 Å². The van der Waals surface area contributed by atoms with Crippen LogP contribution in [0.1, 0.15) is 172 Å². The Morgan fingerprint density at radius 1 is 0.474 bits per heavy atom. The molecule has 0 heterocycles. The Kier molecular flexibility index (Phi) is 40.8. The molecule has 0 aliphatic carbocycles. The Labute approximate surface area is 677 Å². The number of carbonyl (C=O) groups is 15. The predicted molar refractivity (Wildman–Crippen MR) is 426 cm³/mol. The van der Waals surface area contributed by atoms with E-state index in [0.717, 1.165) is 6.92 Å². The van der Waals surface area contributed by atoms with Crippen molar-refractivity contribution in [2.24, 2.45) is 34.3 Å². The summed E-state index contributed by atoms with van der Waals surface area (Å²) in [5.41, 5.74) is 5.00. The zero-order valence-corrected chi connectivity index (χ0v) is 69.2. The second-order valence-corrected chi connectivity index (χ2v) is 32.7. The van der Waals surface area contributed by atoms with Gasteiger partial charge in [0, 0.05) is 18.7 Å². The second-order valence-electron chi connectivity index (χ2n) is 32.7. The Morgan fingerprint density at radius 2 is 0.940 bits per heavy atom. The average Bonchev–Trinajstić information content (AvgIpc) is 0.833. The lowest BCUT2D eigenvalue weighted by atomic mass is 9.86. The molecule has 19 N–H and O–H groups in total. The van der Waals surface area contributed by atoms with E-state index in [0.29, 0.717) is 16.7 Å². The van der Waals surface area contributed by atoms with Crippen LogP contribution in [0.5, 0.6) is 0 Å². The number of aliphatic hydroxyl groups is 3. The van der Waals surface area contributed by atoms with Crippen LogP contribution in [0.3, 0.4) is 0 Å². The highest BCUT2D eigenvalue weighted by molar-refractivity contribution is 6.00. The molecule has 13 atom stereocenters. The van der Waals surface area contributed by atoms with Crippen molar-refractivity contribution in [3.8, 4) is 0 Å².